The lowest BCUT2D eigenvalue weighted by atomic mass is 9.85. The van der Waals surface area contributed by atoms with Crippen molar-refractivity contribution in [2.75, 3.05) is 24.7 Å². The van der Waals surface area contributed by atoms with Crippen LogP contribution in [0.5, 0.6) is 0 Å². The summed E-state index contributed by atoms with van der Waals surface area (Å²) in [7, 11) is 0. The minimum absolute atomic E-state index is 0.0167. The van der Waals surface area contributed by atoms with Crippen LogP contribution in [0.4, 0.5) is 0 Å². The first kappa shape index (κ1) is 15.2. The van der Waals surface area contributed by atoms with E-state index in [1.807, 2.05) is 6.92 Å². The fourth-order valence-corrected chi connectivity index (χ4v) is 4.34. The van der Waals surface area contributed by atoms with Crippen LogP contribution in [0.2, 0.25) is 0 Å². The van der Waals surface area contributed by atoms with Crippen LogP contribution in [0.25, 0.3) is 0 Å². The maximum atomic E-state index is 11.8. The van der Waals surface area contributed by atoms with Crippen molar-refractivity contribution < 1.29 is 9.53 Å². The number of hydrogen-bond donors (Lipinski definition) is 1. The summed E-state index contributed by atoms with van der Waals surface area (Å²) in [6, 6.07) is 0.526. The average molecular weight is 285 g/mol. The van der Waals surface area contributed by atoms with Gasteiger partial charge in [-0.1, -0.05) is 6.42 Å². The van der Waals surface area contributed by atoms with E-state index in [0.717, 1.165) is 31.7 Å². The van der Waals surface area contributed by atoms with Crippen LogP contribution in [0.15, 0.2) is 0 Å². The SMILES string of the molecule is CCOC(=O)C1CCCC(NCC2CCSCC2)C1. The zero-order valence-electron chi connectivity index (χ0n) is 12.0. The molecule has 2 aliphatic rings. The topological polar surface area (TPSA) is 38.3 Å². The van der Waals surface area contributed by atoms with Gasteiger partial charge in [0.15, 0.2) is 0 Å². The molecule has 2 fully saturated rings. The molecule has 1 aliphatic carbocycles. The van der Waals surface area contributed by atoms with Crippen LogP contribution in [0.1, 0.15) is 45.4 Å². The fraction of sp³-hybridized carbons (Fsp3) is 0.933. The molecule has 4 heteroatoms. The average Bonchev–Trinajstić information content (AvgIpc) is 2.47. The minimum Gasteiger partial charge on any atom is -0.466 e. The number of esters is 1. The molecule has 2 rings (SSSR count). The quantitative estimate of drug-likeness (QED) is 0.788. The van der Waals surface area contributed by atoms with Crippen molar-refractivity contribution in [3.63, 3.8) is 0 Å². The summed E-state index contributed by atoms with van der Waals surface area (Å²) in [5.41, 5.74) is 0. The van der Waals surface area contributed by atoms with Crippen molar-refractivity contribution in [1.82, 2.24) is 5.32 Å². The molecule has 1 saturated heterocycles. The van der Waals surface area contributed by atoms with Crippen LogP contribution < -0.4 is 5.32 Å². The Morgan fingerprint density at radius 2 is 2.05 bits per heavy atom. The second kappa shape index (κ2) is 8.15. The van der Waals surface area contributed by atoms with Crippen molar-refractivity contribution in [3.8, 4) is 0 Å². The van der Waals surface area contributed by atoms with Gasteiger partial charge in [0.2, 0.25) is 0 Å². The predicted octanol–water partition coefficient (Wildman–Crippen LogP) is 2.84. The Bertz CT molecular complexity index is 279. The summed E-state index contributed by atoms with van der Waals surface area (Å²) in [5, 5.41) is 3.70. The largest absolute Gasteiger partial charge is 0.466 e. The minimum atomic E-state index is 0.0167. The smallest absolute Gasteiger partial charge is 0.308 e. The summed E-state index contributed by atoms with van der Waals surface area (Å²) in [6.45, 7) is 3.53. The molecule has 110 valence electrons. The zero-order valence-corrected chi connectivity index (χ0v) is 12.8. The third-order valence-electron chi connectivity index (χ3n) is 4.33. The Hall–Kier alpha value is -0.220. The molecule has 0 amide bonds. The Labute approximate surface area is 121 Å². The summed E-state index contributed by atoms with van der Waals surface area (Å²) in [6.07, 6.45) is 7.06. The third-order valence-corrected chi connectivity index (χ3v) is 5.38. The Morgan fingerprint density at radius 1 is 1.26 bits per heavy atom. The Balaban J connectivity index is 1.69. The number of carbonyl (C=O) groups is 1. The molecule has 2 atom stereocenters. The first-order valence-corrected chi connectivity index (χ1v) is 8.92. The Kier molecular flexibility index (Phi) is 6.51. The summed E-state index contributed by atoms with van der Waals surface area (Å²) in [5.74, 6) is 3.64. The standard InChI is InChI=1S/C15H27NO2S/c1-2-18-15(17)13-4-3-5-14(10-13)16-11-12-6-8-19-9-7-12/h12-14,16H,2-11H2,1H3. The number of rotatable bonds is 5. The molecule has 0 spiro atoms. The van der Waals surface area contributed by atoms with Crippen molar-refractivity contribution in [2.45, 2.75) is 51.5 Å². The molecule has 0 radical (unpaired) electrons. The van der Waals surface area contributed by atoms with Crippen LogP contribution in [-0.4, -0.2) is 36.7 Å². The zero-order chi connectivity index (χ0) is 13.5. The van der Waals surface area contributed by atoms with Gasteiger partial charge in [0.05, 0.1) is 12.5 Å². The molecular formula is C15H27NO2S. The molecule has 1 heterocycles. The van der Waals surface area contributed by atoms with Crippen LogP contribution in [-0.2, 0) is 9.53 Å². The third kappa shape index (κ3) is 4.99. The maximum Gasteiger partial charge on any atom is 0.308 e. The summed E-state index contributed by atoms with van der Waals surface area (Å²) in [4.78, 5) is 11.8. The second-order valence-electron chi connectivity index (χ2n) is 5.78. The number of thioether (sulfide) groups is 1. The van der Waals surface area contributed by atoms with E-state index in [9.17, 15) is 4.79 Å². The van der Waals surface area contributed by atoms with Gasteiger partial charge in [-0.2, -0.15) is 11.8 Å². The number of nitrogens with one attached hydrogen (secondary N) is 1. The summed E-state index contributed by atoms with van der Waals surface area (Å²) >= 11 is 2.08. The summed E-state index contributed by atoms with van der Waals surface area (Å²) < 4.78 is 5.15. The van der Waals surface area contributed by atoms with Crippen LogP contribution >= 0.6 is 11.8 Å². The van der Waals surface area contributed by atoms with Gasteiger partial charge >= 0.3 is 5.97 Å². The second-order valence-corrected chi connectivity index (χ2v) is 7.00. The number of hydrogen-bond acceptors (Lipinski definition) is 4. The lowest BCUT2D eigenvalue weighted by Gasteiger charge is -2.30. The van der Waals surface area contributed by atoms with Gasteiger partial charge in [-0.3, -0.25) is 4.79 Å². The van der Waals surface area contributed by atoms with Crippen LogP contribution in [0.3, 0.4) is 0 Å². The molecule has 19 heavy (non-hydrogen) atoms. The van der Waals surface area contributed by atoms with Gasteiger partial charge in [0, 0.05) is 6.04 Å². The van der Waals surface area contributed by atoms with Gasteiger partial charge in [-0.25, -0.2) is 0 Å². The normalized spacial score (nSPS) is 29.1. The van der Waals surface area contributed by atoms with Gasteiger partial charge in [-0.05, 0) is 63.0 Å². The monoisotopic (exact) mass is 285 g/mol. The first-order chi connectivity index (χ1) is 9.29. The molecule has 0 aromatic heterocycles. The highest BCUT2D eigenvalue weighted by Gasteiger charge is 2.28. The number of ether oxygens (including phenoxy) is 1. The lowest BCUT2D eigenvalue weighted by Crippen LogP contribution is -2.39. The lowest BCUT2D eigenvalue weighted by molar-refractivity contribution is -0.149. The van der Waals surface area contributed by atoms with E-state index in [4.69, 9.17) is 4.74 Å². The van der Waals surface area contributed by atoms with E-state index in [1.54, 1.807) is 0 Å². The van der Waals surface area contributed by atoms with Gasteiger partial charge in [0.1, 0.15) is 0 Å². The van der Waals surface area contributed by atoms with Crippen LogP contribution in [0, 0.1) is 11.8 Å². The van der Waals surface area contributed by atoms with Crippen molar-refractivity contribution >= 4 is 17.7 Å². The van der Waals surface area contributed by atoms with E-state index in [1.165, 1.54) is 30.8 Å². The van der Waals surface area contributed by atoms with E-state index in [-0.39, 0.29) is 11.9 Å². The van der Waals surface area contributed by atoms with Gasteiger partial charge in [-0.15, -0.1) is 0 Å². The van der Waals surface area contributed by atoms with Crippen molar-refractivity contribution in [1.29, 1.82) is 0 Å². The first-order valence-electron chi connectivity index (χ1n) is 7.77. The van der Waals surface area contributed by atoms with Crippen molar-refractivity contribution in [3.05, 3.63) is 0 Å². The van der Waals surface area contributed by atoms with E-state index in [2.05, 4.69) is 17.1 Å². The highest BCUT2D eigenvalue weighted by Crippen LogP contribution is 2.27. The number of carbonyl (C=O) groups excluding carboxylic acids is 1. The van der Waals surface area contributed by atoms with Gasteiger partial charge < -0.3 is 10.1 Å². The molecule has 3 nitrogen and oxygen atoms in total. The van der Waals surface area contributed by atoms with Gasteiger partial charge in [0.25, 0.3) is 0 Å². The molecule has 0 aromatic rings. The molecule has 1 N–H and O–H groups in total. The maximum absolute atomic E-state index is 11.8. The molecule has 1 saturated carbocycles. The molecular weight excluding hydrogens is 258 g/mol. The van der Waals surface area contributed by atoms with E-state index >= 15 is 0 Å². The molecule has 1 aliphatic heterocycles. The fourth-order valence-electron chi connectivity index (χ4n) is 3.13. The highest BCUT2D eigenvalue weighted by molar-refractivity contribution is 7.99. The van der Waals surface area contributed by atoms with Crippen molar-refractivity contribution in [2.24, 2.45) is 11.8 Å². The Morgan fingerprint density at radius 3 is 2.79 bits per heavy atom. The molecule has 0 aromatic carbocycles. The molecule has 0 bridgehead atoms. The van der Waals surface area contributed by atoms with E-state index in [0.29, 0.717) is 12.6 Å². The highest BCUT2D eigenvalue weighted by atomic mass is 32.2. The predicted molar refractivity (Wildman–Crippen MR) is 80.4 cm³/mol. The molecule has 2 unspecified atom stereocenters. The van der Waals surface area contributed by atoms with E-state index < -0.39 is 0 Å².